The molecule has 1 heterocycles. The van der Waals surface area contributed by atoms with Gasteiger partial charge in [-0.1, -0.05) is 35.3 Å². The number of benzene rings is 2. The summed E-state index contributed by atoms with van der Waals surface area (Å²) in [6.07, 6.45) is 0.114. The summed E-state index contributed by atoms with van der Waals surface area (Å²) in [4.78, 5) is 28.9. The van der Waals surface area contributed by atoms with Crippen molar-refractivity contribution in [3.63, 3.8) is 0 Å². The van der Waals surface area contributed by atoms with Gasteiger partial charge in [-0.25, -0.2) is 0 Å². The number of methoxy groups -OCH3 is 3. The molecule has 0 radical (unpaired) electrons. The number of ether oxygens (including phenoxy) is 3. The SMILES string of the molecule is COc1cc(N2CC(C(=O)N(C)Cc3cccc(Cl)c3Cl)CC2=O)cc(OC)c1OC. The van der Waals surface area contributed by atoms with Gasteiger partial charge < -0.3 is 24.0 Å². The van der Waals surface area contributed by atoms with E-state index in [2.05, 4.69) is 0 Å². The van der Waals surface area contributed by atoms with E-state index in [0.717, 1.165) is 5.56 Å². The summed E-state index contributed by atoms with van der Waals surface area (Å²) in [6, 6.07) is 8.69. The van der Waals surface area contributed by atoms with Gasteiger partial charge in [-0.2, -0.15) is 0 Å². The lowest BCUT2D eigenvalue weighted by atomic mass is 10.1. The molecule has 9 heteroatoms. The van der Waals surface area contributed by atoms with Crippen LogP contribution in [-0.2, 0) is 16.1 Å². The molecular weight excluding hydrogens is 443 g/mol. The molecule has 166 valence electrons. The number of rotatable bonds is 7. The Labute approximate surface area is 191 Å². The highest BCUT2D eigenvalue weighted by Crippen LogP contribution is 2.42. The molecule has 1 aliphatic heterocycles. The third-order valence-corrected chi connectivity index (χ3v) is 6.11. The summed E-state index contributed by atoms with van der Waals surface area (Å²) >= 11 is 12.3. The highest BCUT2D eigenvalue weighted by atomic mass is 35.5. The van der Waals surface area contributed by atoms with Crippen LogP contribution in [0.2, 0.25) is 10.0 Å². The standard InChI is InChI=1S/C22H24Cl2N2O5/c1-25(11-13-6-5-7-16(23)20(13)24)22(28)14-8-19(27)26(12-14)15-9-17(29-2)21(31-4)18(10-15)30-3/h5-7,9-10,14H,8,11-12H2,1-4H3. The molecule has 2 amide bonds. The Balaban J connectivity index is 1.78. The molecule has 1 fully saturated rings. The number of amides is 2. The molecule has 0 spiro atoms. The van der Waals surface area contributed by atoms with Crippen molar-refractivity contribution in [2.45, 2.75) is 13.0 Å². The van der Waals surface area contributed by atoms with E-state index in [1.807, 2.05) is 6.07 Å². The van der Waals surface area contributed by atoms with Crippen LogP contribution in [0.3, 0.4) is 0 Å². The van der Waals surface area contributed by atoms with Crippen LogP contribution in [0.15, 0.2) is 30.3 Å². The van der Waals surface area contributed by atoms with E-state index in [1.54, 1.807) is 41.1 Å². The van der Waals surface area contributed by atoms with Gasteiger partial charge in [0.05, 0.1) is 43.0 Å². The smallest absolute Gasteiger partial charge is 0.228 e. The van der Waals surface area contributed by atoms with Crippen LogP contribution in [0.25, 0.3) is 0 Å². The lowest BCUT2D eigenvalue weighted by Gasteiger charge is -2.23. The minimum Gasteiger partial charge on any atom is -0.493 e. The fourth-order valence-electron chi connectivity index (χ4n) is 3.66. The van der Waals surface area contributed by atoms with Gasteiger partial charge in [-0.3, -0.25) is 9.59 Å². The summed E-state index contributed by atoms with van der Waals surface area (Å²) in [6.45, 7) is 0.553. The van der Waals surface area contributed by atoms with Crippen LogP contribution in [0.1, 0.15) is 12.0 Å². The number of carbonyl (C=O) groups excluding carboxylic acids is 2. The second-order valence-electron chi connectivity index (χ2n) is 7.20. The molecule has 0 aromatic heterocycles. The summed E-state index contributed by atoms with van der Waals surface area (Å²) in [7, 11) is 6.22. The van der Waals surface area contributed by atoms with Crippen molar-refractivity contribution in [3.05, 3.63) is 45.9 Å². The van der Waals surface area contributed by atoms with Crippen LogP contribution >= 0.6 is 23.2 Å². The molecule has 31 heavy (non-hydrogen) atoms. The molecule has 1 unspecified atom stereocenters. The third kappa shape index (κ3) is 4.67. The number of anilines is 1. The van der Waals surface area contributed by atoms with Crippen molar-refractivity contribution in [1.82, 2.24) is 4.90 Å². The maximum absolute atomic E-state index is 13.0. The van der Waals surface area contributed by atoms with Crippen LogP contribution in [0, 0.1) is 5.92 Å². The molecule has 2 aromatic carbocycles. The van der Waals surface area contributed by atoms with Gasteiger partial charge >= 0.3 is 0 Å². The van der Waals surface area contributed by atoms with Gasteiger partial charge in [-0.15, -0.1) is 0 Å². The Bertz CT molecular complexity index is 973. The average Bonchev–Trinajstić information content (AvgIpc) is 3.16. The van der Waals surface area contributed by atoms with Gasteiger partial charge in [0.25, 0.3) is 0 Å². The van der Waals surface area contributed by atoms with Gasteiger partial charge in [0.2, 0.25) is 17.6 Å². The van der Waals surface area contributed by atoms with Crippen molar-refractivity contribution >= 4 is 40.7 Å². The zero-order valence-corrected chi connectivity index (χ0v) is 19.3. The number of hydrogen-bond acceptors (Lipinski definition) is 5. The van der Waals surface area contributed by atoms with Crippen molar-refractivity contribution < 1.29 is 23.8 Å². The normalized spacial score (nSPS) is 15.7. The van der Waals surface area contributed by atoms with Crippen LogP contribution < -0.4 is 19.1 Å². The van der Waals surface area contributed by atoms with Gasteiger partial charge in [0.1, 0.15) is 0 Å². The van der Waals surface area contributed by atoms with Gasteiger partial charge in [0, 0.05) is 38.7 Å². The Morgan fingerprint density at radius 1 is 1.13 bits per heavy atom. The van der Waals surface area contributed by atoms with Crippen molar-refractivity contribution in [3.8, 4) is 17.2 Å². The minimum absolute atomic E-state index is 0.114. The second-order valence-corrected chi connectivity index (χ2v) is 7.98. The van der Waals surface area contributed by atoms with E-state index in [4.69, 9.17) is 37.4 Å². The largest absolute Gasteiger partial charge is 0.493 e. The first-order chi connectivity index (χ1) is 14.8. The zero-order chi connectivity index (χ0) is 22.7. The van der Waals surface area contributed by atoms with Crippen LogP contribution in [0.4, 0.5) is 5.69 Å². The quantitative estimate of drug-likeness (QED) is 0.615. The highest BCUT2D eigenvalue weighted by molar-refractivity contribution is 6.42. The topological polar surface area (TPSA) is 68.3 Å². The maximum atomic E-state index is 13.0. The van der Waals surface area contributed by atoms with E-state index in [-0.39, 0.29) is 24.8 Å². The molecule has 0 bridgehead atoms. The first kappa shape index (κ1) is 23.0. The molecule has 0 saturated carbocycles. The summed E-state index contributed by atoms with van der Waals surface area (Å²) in [5.74, 6) is 0.543. The fraction of sp³-hybridized carbons (Fsp3) is 0.364. The van der Waals surface area contributed by atoms with E-state index in [1.165, 1.54) is 21.3 Å². The Kier molecular flexibility index (Phi) is 7.18. The van der Waals surface area contributed by atoms with E-state index in [0.29, 0.717) is 39.5 Å². The first-order valence-corrected chi connectivity index (χ1v) is 10.3. The van der Waals surface area contributed by atoms with E-state index < -0.39 is 5.92 Å². The molecule has 3 rings (SSSR count). The zero-order valence-electron chi connectivity index (χ0n) is 17.8. The predicted molar refractivity (Wildman–Crippen MR) is 119 cm³/mol. The molecule has 1 aliphatic rings. The molecule has 0 N–H and O–H groups in total. The predicted octanol–water partition coefficient (Wildman–Crippen LogP) is 4.03. The Morgan fingerprint density at radius 2 is 1.77 bits per heavy atom. The second kappa shape index (κ2) is 9.66. The van der Waals surface area contributed by atoms with Crippen LogP contribution in [-0.4, -0.2) is 51.6 Å². The lowest BCUT2D eigenvalue weighted by Crippen LogP contribution is -2.34. The molecule has 7 nitrogen and oxygen atoms in total. The summed E-state index contributed by atoms with van der Waals surface area (Å²) in [5.41, 5.74) is 1.33. The first-order valence-electron chi connectivity index (χ1n) is 9.58. The fourth-order valence-corrected chi connectivity index (χ4v) is 4.04. The number of nitrogens with zero attached hydrogens (tertiary/aromatic N) is 2. The maximum Gasteiger partial charge on any atom is 0.228 e. The van der Waals surface area contributed by atoms with E-state index in [9.17, 15) is 9.59 Å². The van der Waals surface area contributed by atoms with Crippen molar-refractivity contribution in [1.29, 1.82) is 0 Å². The number of halogens is 2. The molecule has 1 saturated heterocycles. The molecule has 2 aromatic rings. The number of carbonyl (C=O) groups is 2. The average molecular weight is 467 g/mol. The Hall–Kier alpha value is -2.64. The van der Waals surface area contributed by atoms with Gasteiger partial charge in [-0.05, 0) is 11.6 Å². The van der Waals surface area contributed by atoms with Crippen molar-refractivity contribution in [2.75, 3.05) is 39.8 Å². The van der Waals surface area contributed by atoms with Crippen molar-refractivity contribution in [2.24, 2.45) is 5.92 Å². The Morgan fingerprint density at radius 3 is 2.35 bits per heavy atom. The van der Waals surface area contributed by atoms with E-state index >= 15 is 0 Å². The van der Waals surface area contributed by atoms with Gasteiger partial charge in [0.15, 0.2) is 11.5 Å². The monoisotopic (exact) mass is 466 g/mol. The molecule has 0 aliphatic carbocycles. The minimum atomic E-state index is -0.477. The highest BCUT2D eigenvalue weighted by Gasteiger charge is 2.37. The lowest BCUT2D eigenvalue weighted by molar-refractivity contribution is -0.135. The summed E-state index contributed by atoms with van der Waals surface area (Å²) < 4.78 is 16.1. The summed E-state index contributed by atoms with van der Waals surface area (Å²) in [5, 5.41) is 0.856. The third-order valence-electron chi connectivity index (χ3n) is 5.25. The number of hydrogen-bond donors (Lipinski definition) is 0. The molecular formula is C22H24Cl2N2O5. The molecule has 1 atom stereocenters. The van der Waals surface area contributed by atoms with Crippen LogP contribution in [0.5, 0.6) is 17.2 Å².